The van der Waals surface area contributed by atoms with Gasteiger partial charge in [0, 0.05) is 25.0 Å². The predicted molar refractivity (Wildman–Crippen MR) is 55.6 cm³/mol. The van der Waals surface area contributed by atoms with Crippen molar-refractivity contribution in [3.63, 3.8) is 0 Å². The van der Waals surface area contributed by atoms with Gasteiger partial charge in [0.15, 0.2) is 0 Å². The van der Waals surface area contributed by atoms with Crippen molar-refractivity contribution >= 4 is 5.91 Å². The van der Waals surface area contributed by atoms with E-state index in [1.54, 1.807) is 0 Å². The smallest absolute Gasteiger partial charge is 0.222 e. The lowest BCUT2D eigenvalue weighted by atomic mass is 10.2. The van der Waals surface area contributed by atoms with E-state index in [9.17, 15) is 4.79 Å². The van der Waals surface area contributed by atoms with Gasteiger partial charge in [0.1, 0.15) is 0 Å². The highest BCUT2D eigenvalue weighted by Gasteiger charge is 2.04. The predicted octanol–water partition coefficient (Wildman–Crippen LogP) is 1.15. The summed E-state index contributed by atoms with van der Waals surface area (Å²) in [6, 6.07) is 0.538. The maximum absolute atomic E-state index is 11.1. The molecule has 0 saturated heterocycles. The topological polar surface area (TPSA) is 41.1 Å². The maximum Gasteiger partial charge on any atom is 0.222 e. The van der Waals surface area contributed by atoms with Gasteiger partial charge in [0.2, 0.25) is 5.91 Å². The first-order valence-corrected chi connectivity index (χ1v) is 5.09. The molecule has 13 heavy (non-hydrogen) atoms. The molecule has 0 fully saturated rings. The van der Waals surface area contributed by atoms with E-state index < -0.39 is 0 Å². The highest BCUT2D eigenvalue weighted by atomic mass is 16.1. The van der Waals surface area contributed by atoms with Crippen LogP contribution in [0.3, 0.4) is 0 Å². The molecular weight excluding hydrogens is 164 g/mol. The number of hydrogen-bond donors (Lipinski definition) is 2. The zero-order valence-electron chi connectivity index (χ0n) is 9.18. The molecule has 0 radical (unpaired) electrons. The summed E-state index contributed by atoms with van der Waals surface area (Å²) < 4.78 is 0. The molecule has 0 spiro atoms. The van der Waals surface area contributed by atoms with Crippen LogP contribution in [0.2, 0.25) is 0 Å². The minimum atomic E-state index is 0.0867. The Morgan fingerprint density at radius 3 is 2.31 bits per heavy atom. The van der Waals surface area contributed by atoms with E-state index in [1.165, 1.54) is 0 Å². The Bertz CT molecular complexity index is 146. The molecule has 2 N–H and O–H groups in total. The molecule has 0 saturated carbocycles. The van der Waals surface area contributed by atoms with Crippen LogP contribution in [0.25, 0.3) is 0 Å². The van der Waals surface area contributed by atoms with Gasteiger partial charge in [-0.3, -0.25) is 4.79 Å². The third-order valence-electron chi connectivity index (χ3n) is 2.05. The second kappa shape index (κ2) is 6.89. The summed E-state index contributed by atoms with van der Waals surface area (Å²) in [6.07, 6.45) is 1.12. The van der Waals surface area contributed by atoms with Gasteiger partial charge in [-0.2, -0.15) is 0 Å². The van der Waals surface area contributed by atoms with Crippen LogP contribution in [-0.2, 0) is 4.79 Å². The van der Waals surface area contributed by atoms with Gasteiger partial charge in [-0.1, -0.05) is 20.8 Å². The van der Waals surface area contributed by atoms with E-state index >= 15 is 0 Å². The molecule has 0 aromatic rings. The van der Waals surface area contributed by atoms with Crippen molar-refractivity contribution < 1.29 is 4.79 Å². The first kappa shape index (κ1) is 12.4. The molecule has 1 amide bonds. The summed E-state index contributed by atoms with van der Waals surface area (Å²) in [4.78, 5) is 11.1. The van der Waals surface area contributed by atoms with Crippen molar-refractivity contribution in [2.75, 3.05) is 13.1 Å². The van der Waals surface area contributed by atoms with E-state index in [2.05, 4.69) is 24.5 Å². The number of carbonyl (C=O) groups excluding carboxylic acids is 1. The van der Waals surface area contributed by atoms with Crippen LogP contribution in [0.1, 0.15) is 34.1 Å². The van der Waals surface area contributed by atoms with E-state index in [0.717, 1.165) is 19.5 Å². The fraction of sp³-hybridized carbons (Fsp3) is 0.900. The zero-order chi connectivity index (χ0) is 10.3. The monoisotopic (exact) mass is 186 g/mol. The summed E-state index contributed by atoms with van der Waals surface area (Å²) >= 11 is 0. The third kappa shape index (κ3) is 6.58. The minimum Gasteiger partial charge on any atom is -0.355 e. The lowest BCUT2D eigenvalue weighted by Crippen LogP contribution is -2.37. The van der Waals surface area contributed by atoms with Gasteiger partial charge >= 0.3 is 0 Å². The lowest BCUT2D eigenvalue weighted by Gasteiger charge is -2.12. The summed E-state index contributed by atoms with van der Waals surface area (Å²) in [5.41, 5.74) is 0. The minimum absolute atomic E-state index is 0.0867. The Balaban J connectivity index is 3.31. The Hall–Kier alpha value is -0.570. The fourth-order valence-corrected chi connectivity index (χ4v) is 0.853. The average molecular weight is 186 g/mol. The van der Waals surface area contributed by atoms with Crippen molar-refractivity contribution in [2.24, 2.45) is 5.92 Å². The van der Waals surface area contributed by atoms with Gasteiger partial charge in [0.25, 0.3) is 0 Å². The second-order valence-electron chi connectivity index (χ2n) is 3.71. The Morgan fingerprint density at radius 2 is 1.85 bits per heavy atom. The van der Waals surface area contributed by atoms with Crippen LogP contribution in [0.4, 0.5) is 0 Å². The van der Waals surface area contributed by atoms with Crippen LogP contribution in [0.5, 0.6) is 0 Å². The average Bonchev–Trinajstić information content (AvgIpc) is 2.11. The Kier molecular flexibility index (Phi) is 6.59. The molecule has 78 valence electrons. The molecule has 0 bridgehead atoms. The molecule has 0 heterocycles. The summed E-state index contributed by atoms with van der Waals surface area (Å²) in [7, 11) is 0. The normalized spacial score (nSPS) is 13.0. The summed E-state index contributed by atoms with van der Waals surface area (Å²) in [5, 5.41) is 6.17. The molecule has 0 aliphatic carbocycles. The van der Waals surface area contributed by atoms with Crippen LogP contribution in [-0.4, -0.2) is 25.0 Å². The van der Waals surface area contributed by atoms with Gasteiger partial charge in [0.05, 0.1) is 0 Å². The number of nitrogens with one attached hydrogen (secondary N) is 2. The first-order valence-electron chi connectivity index (χ1n) is 5.09. The standard InChI is InChI=1S/C10H22N2O/c1-5-9(4)11-6-7-12-10(13)8(2)3/h8-9,11H,5-7H2,1-4H3,(H,12,13). The van der Waals surface area contributed by atoms with Crippen molar-refractivity contribution in [3.05, 3.63) is 0 Å². The molecular formula is C10H22N2O. The highest BCUT2D eigenvalue weighted by Crippen LogP contribution is 1.89. The SMILES string of the molecule is CCC(C)NCCNC(=O)C(C)C. The van der Waals surface area contributed by atoms with E-state index in [4.69, 9.17) is 0 Å². The van der Waals surface area contributed by atoms with Gasteiger partial charge in [-0.05, 0) is 13.3 Å². The van der Waals surface area contributed by atoms with E-state index in [0.29, 0.717) is 6.04 Å². The van der Waals surface area contributed by atoms with Gasteiger partial charge < -0.3 is 10.6 Å². The van der Waals surface area contributed by atoms with Crippen LogP contribution in [0, 0.1) is 5.92 Å². The largest absolute Gasteiger partial charge is 0.355 e. The van der Waals surface area contributed by atoms with E-state index in [-0.39, 0.29) is 11.8 Å². The molecule has 0 rings (SSSR count). The quantitative estimate of drug-likeness (QED) is 0.611. The molecule has 0 aromatic heterocycles. The van der Waals surface area contributed by atoms with Crippen molar-refractivity contribution in [1.29, 1.82) is 0 Å². The Labute approximate surface area is 81.3 Å². The van der Waals surface area contributed by atoms with Crippen molar-refractivity contribution in [1.82, 2.24) is 10.6 Å². The van der Waals surface area contributed by atoms with Gasteiger partial charge in [-0.25, -0.2) is 0 Å². The molecule has 0 aliphatic rings. The van der Waals surface area contributed by atoms with Crippen LogP contribution >= 0.6 is 0 Å². The number of rotatable bonds is 6. The third-order valence-corrected chi connectivity index (χ3v) is 2.05. The number of hydrogen-bond acceptors (Lipinski definition) is 2. The zero-order valence-corrected chi connectivity index (χ0v) is 9.18. The summed E-state index contributed by atoms with van der Waals surface area (Å²) in [5.74, 6) is 0.217. The van der Waals surface area contributed by atoms with Crippen molar-refractivity contribution in [3.8, 4) is 0 Å². The van der Waals surface area contributed by atoms with Gasteiger partial charge in [-0.15, -0.1) is 0 Å². The van der Waals surface area contributed by atoms with E-state index in [1.807, 2.05) is 13.8 Å². The van der Waals surface area contributed by atoms with Crippen molar-refractivity contribution in [2.45, 2.75) is 40.2 Å². The molecule has 3 nitrogen and oxygen atoms in total. The van der Waals surface area contributed by atoms with Crippen LogP contribution in [0.15, 0.2) is 0 Å². The van der Waals surface area contributed by atoms with Crippen LogP contribution < -0.4 is 10.6 Å². The number of carbonyl (C=O) groups is 1. The Morgan fingerprint density at radius 1 is 1.23 bits per heavy atom. The fourth-order valence-electron chi connectivity index (χ4n) is 0.853. The molecule has 0 aliphatic heterocycles. The lowest BCUT2D eigenvalue weighted by molar-refractivity contribution is -0.123. The maximum atomic E-state index is 11.1. The molecule has 3 heteroatoms. The summed E-state index contributed by atoms with van der Waals surface area (Å²) in [6.45, 7) is 9.66. The second-order valence-corrected chi connectivity index (χ2v) is 3.71. The first-order chi connectivity index (χ1) is 6.07. The number of amides is 1. The molecule has 0 aromatic carbocycles. The molecule has 1 atom stereocenters. The molecule has 1 unspecified atom stereocenters. The highest BCUT2D eigenvalue weighted by molar-refractivity contribution is 5.77.